The van der Waals surface area contributed by atoms with Gasteiger partial charge in [-0.05, 0) is 22.4 Å². The first-order valence-corrected chi connectivity index (χ1v) is 5.84. The van der Waals surface area contributed by atoms with Crippen molar-refractivity contribution in [3.63, 3.8) is 0 Å². The van der Waals surface area contributed by atoms with Crippen molar-refractivity contribution in [1.82, 2.24) is 15.0 Å². The SMILES string of the molecule is NCc1cn(CC(=O)Cc2ccsc2)nn1. The molecule has 0 unspecified atom stereocenters. The van der Waals surface area contributed by atoms with E-state index in [4.69, 9.17) is 5.73 Å². The van der Waals surface area contributed by atoms with E-state index in [9.17, 15) is 4.79 Å². The Balaban J connectivity index is 1.92. The van der Waals surface area contributed by atoms with Crippen LogP contribution < -0.4 is 5.73 Å². The minimum Gasteiger partial charge on any atom is -0.325 e. The number of Topliss-reactive ketones (excluding diaryl/α,β-unsaturated/α-hetero) is 1. The van der Waals surface area contributed by atoms with E-state index in [0.717, 1.165) is 5.56 Å². The summed E-state index contributed by atoms with van der Waals surface area (Å²) in [6.07, 6.45) is 2.15. The molecule has 2 aromatic heterocycles. The fourth-order valence-corrected chi connectivity index (χ4v) is 2.04. The average molecular weight is 236 g/mol. The fourth-order valence-electron chi connectivity index (χ4n) is 1.37. The zero-order valence-electron chi connectivity index (χ0n) is 8.67. The average Bonchev–Trinajstić information content (AvgIpc) is 2.89. The molecule has 16 heavy (non-hydrogen) atoms. The van der Waals surface area contributed by atoms with E-state index in [1.165, 1.54) is 4.68 Å². The number of ketones is 1. The highest BCUT2D eigenvalue weighted by atomic mass is 32.1. The molecule has 0 atom stereocenters. The van der Waals surface area contributed by atoms with Gasteiger partial charge in [0.1, 0.15) is 6.54 Å². The number of aromatic nitrogens is 3. The van der Waals surface area contributed by atoms with Crippen LogP contribution in [0.4, 0.5) is 0 Å². The second-order valence-electron chi connectivity index (χ2n) is 3.46. The van der Waals surface area contributed by atoms with Crippen molar-refractivity contribution >= 4 is 17.1 Å². The van der Waals surface area contributed by atoms with E-state index in [-0.39, 0.29) is 12.3 Å². The number of nitrogens with two attached hydrogens (primary N) is 1. The van der Waals surface area contributed by atoms with E-state index >= 15 is 0 Å². The van der Waals surface area contributed by atoms with Crippen LogP contribution in [0.15, 0.2) is 23.0 Å². The molecule has 2 N–H and O–H groups in total. The number of carbonyl (C=O) groups is 1. The molecular formula is C10H12N4OS. The summed E-state index contributed by atoms with van der Waals surface area (Å²) < 4.78 is 1.52. The third kappa shape index (κ3) is 2.74. The topological polar surface area (TPSA) is 73.8 Å². The summed E-state index contributed by atoms with van der Waals surface area (Å²) in [6.45, 7) is 0.599. The summed E-state index contributed by atoms with van der Waals surface area (Å²) in [7, 11) is 0. The highest BCUT2D eigenvalue weighted by molar-refractivity contribution is 7.07. The summed E-state index contributed by atoms with van der Waals surface area (Å²) in [5.41, 5.74) is 7.15. The maximum atomic E-state index is 11.7. The molecule has 0 aromatic carbocycles. The molecule has 0 spiro atoms. The van der Waals surface area contributed by atoms with E-state index in [1.807, 2.05) is 16.8 Å². The number of rotatable bonds is 5. The molecule has 5 nitrogen and oxygen atoms in total. The Labute approximate surface area is 96.9 Å². The first kappa shape index (κ1) is 11.0. The van der Waals surface area contributed by atoms with Gasteiger partial charge in [0.05, 0.1) is 11.9 Å². The summed E-state index contributed by atoms with van der Waals surface area (Å²) >= 11 is 1.59. The van der Waals surface area contributed by atoms with Gasteiger partial charge in [-0.3, -0.25) is 4.79 Å². The number of carbonyl (C=O) groups excluding carboxylic acids is 1. The lowest BCUT2D eigenvalue weighted by Crippen LogP contribution is -2.12. The van der Waals surface area contributed by atoms with Crippen LogP contribution in [0, 0.1) is 0 Å². The lowest BCUT2D eigenvalue weighted by Gasteiger charge is -1.98. The molecule has 6 heteroatoms. The van der Waals surface area contributed by atoms with E-state index < -0.39 is 0 Å². The van der Waals surface area contributed by atoms with Gasteiger partial charge < -0.3 is 5.73 Å². The molecule has 2 heterocycles. The van der Waals surface area contributed by atoms with Gasteiger partial charge in [-0.25, -0.2) is 4.68 Å². The normalized spacial score (nSPS) is 10.6. The van der Waals surface area contributed by atoms with Gasteiger partial charge in [0.15, 0.2) is 5.78 Å². The van der Waals surface area contributed by atoms with Gasteiger partial charge in [-0.15, -0.1) is 5.10 Å². The molecule has 0 radical (unpaired) electrons. The van der Waals surface area contributed by atoms with Crippen molar-refractivity contribution in [1.29, 1.82) is 0 Å². The Bertz CT molecular complexity index is 463. The van der Waals surface area contributed by atoms with Crippen molar-refractivity contribution in [3.05, 3.63) is 34.3 Å². The minimum atomic E-state index is 0.117. The molecule has 0 amide bonds. The van der Waals surface area contributed by atoms with Crippen LogP contribution in [-0.2, 0) is 24.3 Å². The van der Waals surface area contributed by atoms with E-state index in [1.54, 1.807) is 17.5 Å². The quantitative estimate of drug-likeness (QED) is 0.825. The predicted octanol–water partition coefficient (Wildman–Crippen LogP) is 0.610. The van der Waals surface area contributed by atoms with Crippen molar-refractivity contribution < 1.29 is 4.79 Å². The Morgan fingerprint density at radius 1 is 1.56 bits per heavy atom. The monoisotopic (exact) mass is 236 g/mol. The third-order valence-electron chi connectivity index (χ3n) is 2.11. The summed E-state index contributed by atoms with van der Waals surface area (Å²) in [4.78, 5) is 11.7. The smallest absolute Gasteiger partial charge is 0.158 e. The Kier molecular flexibility index (Phi) is 3.43. The lowest BCUT2D eigenvalue weighted by atomic mass is 10.2. The van der Waals surface area contributed by atoms with Gasteiger partial charge in [0.2, 0.25) is 0 Å². The van der Waals surface area contributed by atoms with E-state index in [2.05, 4.69) is 10.3 Å². The molecule has 0 aliphatic heterocycles. The standard InChI is InChI=1S/C10H12N4OS/c11-4-9-5-14(13-12-9)6-10(15)3-8-1-2-16-7-8/h1-2,5,7H,3-4,6,11H2. The predicted molar refractivity (Wildman–Crippen MR) is 60.9 cm³/mol. The lowest BCUT2D eigenvalue weighted by molar-refractivity contribution is -0.119. The van der Waals surface area contributed by atoms with Crippen LogP contribution in [0.3, 0.4) is 0 Å². The molecule has 0 saturated heterocycles. The Morgan fingerprint density at radius 3 is 3.06 bits per heavy atom. The summed E-state index contributed by atoms with van der Waals surface area (Å²) in [5, 5.41) is 11.6. The molecule has 2 aromatic rings. The van der Waals surface area contributed by atoms with Crippen molar-refractivity contribution in [2.75, 3.05) is 0 Å². The molecular weight excluding hydrogens is 224 g/mol. The molecule has 0 saturated carbocycles. The van der Waals surface area contributed by atoms with Gasteiger partial charge in [0, 0.05) is 13.0 Å². The zero-order valence-corrected chi connectivity index (χ0v) is 9.48. The number of nitrogens with zero attached hydrogens (tertiary/aromatic N) is 3. The van der Waals surface area contributed by atoms with Crippen LogP contribution in [-0.4, -0.2) is 20.8 Å². The minimum absolute atomic E-state index is 0.117. The maximum absolute atomic E-state index is 11.7. The summed E-state index contributed by atoms with van der Waals surface area (Å²) in [6, 6.07) is 1.95. The molecule has 0 fully saturated rings. The fraction of sp³-hybridized carbons (Fsp3) is 0.300. The Hall–Kier alpha value is -1.53. The number of hydrogen-bond acceptors (Lipinski definition) is 5. The van der Waals surface area contributed by atoms with Gasteiger partial charge in [0.25, 0.3) is 0 Å². The molecule has 84 valence electrons. The summed E-state index contributed by atoms with van der Waals surface area (Å²) in [5.74, 6) is 0.117. The highest BCUT2D eigenvalue weighted by Crippen LogP contribution is 2.07. The van der Waals surface area contributed by atoms with Crippen molar-refractivity contribution in [3.8, 4) is 0 Å². The molecule has 0 aliphatic rings. The highest BCUT2D eigenvalue weighted by Gasteiger charge is 2.06. The van der Waals surface area contributed by atoms with Crippen LogP contribution in [0.2, 0.25) is 0 Å². The van der Waals surface area contributed by atoms with Crippen LogP contribution in [0.5, 0.6) is 0 Å². The number of hydrogen-bond donors (Lipinski definition) is 1. The van der Waals surface area contributed by atoms with E-state index in [0.29, 0.717) is 18.7 Å². The van der Waals surface area contributed by atoms with Gasteiger partial charge in [-0.2, -0.15) is 11.3 Å². The second-order valence-corrected chi connectivity index (χ2v) is 4.24. The first-order valence-electron chi connectivity index (χ1n) is 4.90. The largest absolute Gasteiger partial charge is 0.325 e. The van der Waals surface area contributed by atoms with Gasteiger partial charge >= 0.3 is 0 Å². The molecule has 0 aliphatic carbocycles. The third-order valence-corrected chi connectivity index (χ3v) is 2.85. The zero-order chi connectivity index (χ0) is 11.4. The first-order chi connectivity index (χ1) is 7.78. The molecule has 2 rings (SSSR count). The number of thiophene rings is 1. The van der Waals surface area contributed by atoms with Crippen LogP contribution >= 0.6 is 11.3 Å². The Morgan fingerprint density at radius 2 is 2.44 bits per heavy atom. The maximum Gasteiger partial charge on any atom is 0.158 e. The second kappa shape index (κ2) is 5.00. The van der Waals surface area contributed by atoms with Crippen molar-refractivity contribution in [2.24, 2.45) is 5.73 Å². The van der Waals surface area contributed by atoms with Gasteiger partial charge in [-0.1, -0.05) is 5.21 Å². The van der Waals surface area contributed by atoms with Crippen molar-refractivity contribution in [2.45, 2.75) is 19.5 Å². The molecule has 0 bridgehead atoms. The van der Waals surface area contributed by atoms with Crippen LogP contribution in [0.1, 0.15) is 11.3 Å². The van der Waals surface area contributed by atoms with Crippen LogP contribution in [0.25, 0.3) is 0 Å².